The summed E-state index contributed by atoms with van der Waals surface area (Å²) in [5, 5.41) is 0. The molecule has 4 N–H and O–H groups in total. The lowest BCUT2D eigenvalue weighted by Crippen LogP contribution is -2.34. The second-order valence-electron chi connectivity index (χ2n) is 3.60. The summed E-state index contributed by atoms with van der Waals surface area (Å²) in [5.41, 5.74) is 11.3. The van der Waals surface area contributed by atoms with Crippen LogP contribution in [0.25, 0.3) is 0 Å². The number of nitrogens with zero attached hydrogens (tertiary/aromatic N) is 1. The van der Waals surface area contributed by atoms with E-state index in [0.717, 1.165) is 0 Å². The summed E-state index contributed by atoms with van der Waals surface area (Å²) in [6.07, 6.45) is 0. The molecule has 0 bridgehead atoms. The van der Waals surface area contributed by atoms with E-state index in [9.17, 15) is 9.18 Å². The summed E-state index contributed by atoms with van der Waals surface area (Å²) in [7, 11) is 0. The molecule has 98 valence electrons. The number of thiocarbonyl (C=S) groups is 1. The van der Waals surface area contributed by atoms with Crippen LogP contribution in [0.1, 0.15) is 12.5 Å². The van der Waals surface area contributed by atoms with Crippen molar-refractivity contribution >= 4 is 44.7 Å². The van der Waals surface area contributed by atoms with Gasteiger partial charge in [-0.25, -0.2) is 4.39 Å². The number of hydrogen-bond donors (Lipinski definition) is 2. The van der Waals surface area contributed by atoms with E-state index >= 15 is 0 Å². The van der Waals surface area contributed by atoms with Crippen LogP contribution in [-0.4, -0.2) is 24.0 Å². The minimum Gasteiger partial charge on any atom is -0.389 e. The second kappa shape index (κ2) is 6.10. The lowest BCUT2D eigenvalue weighted by molar-refractivity contribution is -0.116. The van der Waals surface area contributed by atoms with E-state index in [0.29, 0.717) is 12.1 Å². The smallest absolute Gasteiger partial charge is 0.236 e. The van der Waals surface area contributed by atoms with Crippen molar-refractivity contribution in [1.82, 2.24) is 0 Å². The Bertz CT molecular complexity index is 495. The number of carbonyl (C=O) groups is 1. The number of primary amides is 1. The molecular formula is C11H13BrFN3OS. The number of halogens is 2. The largest absolute Gasteiger partial charge is 0.389 e. The Morgan fingerprint density at radius 1 is 1.50 bits per heavy atom. The first-order valence-corrected chi connectivity index (χ1v) is 6.39. The number of benzene rings is 1. The average Bonchev–Trinajstić information content (AvgIpc) is 2.29. The highest BCUT2D eigenvalue weighted by atomic mass is 79.9. The molecule has 7 heteroatoms. The van der Waals surface area contributed by atoms with E-state index in [1.807, 2.05) is 0 Å². The highest BCUT2D eigenvalue weighted by Crippen LogP contribution is 2.29. The zero-order valence-electron chi connectivity index (χ0n) is 9.74. The summed E-state index contributed by atoms with van der Waals surface area (Å²) < 4.78 is 14.3. The van der Waals surface area contributed by atoms with Crippen molar-refractivity contribution < 1.29 is 9.18 Å². The van der Waals surface area contributed by atoms with Gasteiger partial charge in [0, 0.05) is 12.1 Å². The second-order valence-corrected chi connectivity index (χ2v) is 4.84. The molecule has 0 unspecified atom stereocenters. The molecule has 0 radical (unpaired) electrons. The molecule has 1 aromatic rings. The molecule has 18 heavy (non-hydrogen) atoms. The third kappa shape index (κ3) is 3.17. The van der Waals surface area contributed by atoms with Crippen molar-refractivity contribution in [2.45, 2.75) is 6.92 Å². The van der Waals surface area contributed by atoms with E-state index < -0.39 is 11.7 Å². The molecule has 0 fully saturated rings. The molecule has 0 saturated heterocycles. The van der Waals surface area contributed by atoms with Crippen molar-refractivity contribution in [2.75, 3.05) is 18.0 Å². The van der Waals surface area contributed by atoms with Crippen LogP contribution in [0, 0.1) is 5.82 Å². The van der Waals surface area contributed by atoms with Gasteiger partial charge in [-0.05, 0) is 35.0 Å². The van der Waals surface area contributed by atoms with Crippen LogP contribution < -0.4 is 16.4 Å². The maximum atomic E-state index is 14.2. The van der Waals surface area contributed by atoms with Gasteiger partial charge < -0.3 is 16.4 Å². The van der Waals surface area contributed by atoms with E-state index in [4.69, 9.17) is 23.7 Å². The molecule has 0 aliphatic carbocycles. The van der Waals surface area contributed by atoms with Crippen molar-refractivity contribution in [1.29, 1.82) is 0 Å². The van der Waals surface area contributed by atoms with Crippen LogP contribution in [0.15, 0.2) is 16.6 Å². The third-order valence-corrected chi connectivity index (χ3v) is 3.39. The van der Waals surface area contributed by atoms with Crippen molar-refractivity contribution in [3.63, 3.8) is 0 Å². The first kappa shape index (κ1) is 14.8. The van der Waals surface area contributed by atoms with E-state index in [2.05, 4.69) is 15.9 Å². The molecule has 0 saturated carbocycles. The quantitative estimate of drug-likeness (QED) is 0.801. The Labute approximate surface area is 118 Å². The van der Waals surface area contributed by atoms with Gasteiger partial charge in [0.05, 0.1) is 16.7 Å². The Hall–Kier alpha value is -1.21. The number of likely N-dealkylation sites (N-methyl/N-ethyl adjacent to an activating group) is 1. The molecule has 1 amide bonds. The monoisotopic (exact) mass is 333 g/mol. The fourth-order valence-corrected chi connectivity index (χ4v) is 2.38. The maximum absolute atomic E-state index is 14.2. The van der Waals surface area contributed by atoms with E-state index in [-0.39, 0.29) is 21.7 Å². The Morgan fingerprint density at radius 2 is 2.11 bits per heavy atom. The maximum Gasteiger partial charge on any atom is 0.236 e. The highest BCUT2D eigenvalue weighted by Gasteiger charge is 2.17. The normalized spacial score (nSPS) is 10.2. The van der Waals surface area contributed by atoms with Gasteiger partial charge in [0.15, 0.2) is 5.82 Å². The number of carbonyl (C=O) groups excluding carboxylic acids is 1. The number of nitrogens with two attached hydrogens (primary N) is 2. The van der Waals surface area contributed by atoms with Crippen molar-refractivity contribution in [3.8, 4) is 0 Å². The Balaban J connectivity index is 3.21. The number of anilines is 1. The number of rotatable bonds is 5. The molecular weight excluding hydrogens is 321 g/mol. The van der Waals surface area contributed by atoms with Gasteiger partial charge in [-0.2, -0.15) is 0 Å². The van der Waals surface area contributed by atoms with Gasteiger partial charge in [-0.3, -0.25) is 4.79 Å². The predicted molar refractivity (Wildman–Crippen MR) is 77.1 cm³/mol. The molecule has 0 aromatic heterocycles. The summed E-state index contributed by atoms with van der Waals surface area (Å²) in [6.45, 7) is 2.21. The van der Waals surface area contributed by atoms with Crippen LogP contribution in [0.5, 0.6) is 0 Å². The summed E-state index contributed by atoms with van der Waals surface area (Å²) in [4.78, 5) is 12.6. The van der Waals surface area contributed by atoms with E-state index in [1.165, 1.54) is 11.0 Å². The fraction of sp³-hybridized carbons (Fsp3) is 0.273. The average molecular weight is 334 g/mol. The number of amides is 1. The number of hydrogen-bond acceptors (Lipinski definition) is 3. The van der Waals surface area contributed by atoms with Crippen LogP contribution in [-0.2, 0) is 4.79 Å². The molecule has 0 heterocycles. The summed E-state index contributed by atoms with van der Waals surface area (Å²) in [6, 6.07) is 3.13. The Morgan fingerprint density at radius 3 is 2.56 bits per heavy atom. The molecule has 0 aliphatic heterocycles. The predicted octanol–water partition coefficient (Wildman–Crippen LogP) is 1.53. The first-order chi connectivity index (χ1) is 8.38. The topological polar surface area (TPSA) is 72.3 Å². The summed E-state index contributed by atoms with van der Waals surface area (Å²) >= 11 is 7.92. The van der Waals surface area contributed by atoms with Gasteiger partial charge in [-0.15, -0.1) is 0 Å². The van der Waals surface area contributed by atoms with E-state index in [1.54, 1.807) is 13.0 Å². The molecule has 1 aromatic carbocycles. The van der Waals surface area contributed by atoms with Gasteiger partial charge in [-0.1, -0.05) is 12.2 Å². The lowest BCUT2D eigenvalue weighted by atomic mass is 10.2. The lowest BCUT2D eigenvalue weighted by Gasteiger charge is -2.23. The van der Waals surface area contributed by atoms with Gasteiger partial charge in [0.1, 0.15) is 4.99 Å². The zero-order chi connectivity index (χ0) is 13.9. The Kier molecular flexibility index (Phi) is 5.03. The highest BCUT2D eigenvalue weighted by molar-refractivity contribution is 9.10. The van der Waals surface area contributed by atoms with Crippen LogP contribution in [0.3, 0.4) is 0 Å². The molecule has 4 nitrogen and oxygen atoms in total. The van der Waals surface area contributed by atoms with Crippen LogP contribution >= 0.6 is 28.1 Å². The van der Waals surface area contributed by atoms with Gasteiger partial charge >= 0.3 is 0 Å². The van der Waals surface area contributed by atoms with Crippen molar-refractivity contribution in [3.05, 3.63) is 28.0 Å². The fourth-order valence-electron chi connectivity index (χ4n) is 1.53. The molecule has 1 rings (SSSR count). The SMILES string of the molecule is CCN(CC(N)=O)c1ccc(C(N)=S)c(Br)c1F. The molecule has 0 spiro atoms. The third-order valence-electron chi connectivity index (χ3n) is 2.40. The van der Waals surface area contributed by atoms with Gasteiger partial charge in [0.25, 0.3) is 0 Å². The van der Waals surface area contributed by atoms with Crippen molar-refractivity contribution in [2.24, 2.45) is 11.5 Å². The van der Waals surface area contributed by atoms with Crippen LogP contribution in [0.4, 0.5) is 10.1 Å². The molecule has 0 aliphatic rings. The van der Waals surface area contributed by atoms with Crippen LogP contribution in [0.2, 0.25) is 0 Å². The molecule has 0 atom stereocenters. The minimum atomic E-state index is -0.522. The standard InChI is InChI=1S/C11H13BrFN3OS/c1-2-16(5-8(14)17)7-4-3-6(11(15)18)9(12)10(7)13/h3-4H,2,5H2,1H3,(H2,14,17)(H2,15,18). The minimum absolute atomic E-state index is 0.0493. The zero-order valence-corrected chi connectivity index (χ0v) is 12.1. The van der Waals surface area contributed by atoms with Gasteiger partial charge in [0.2, 0.25) is 5.91 Å². The summed E-state index contributed by atoms with van der Waals surface area (Å²) in [5.74, 6) is -1.03. The first-order valence-electron chi connectivity index (χ1n) is 5.19.